The van der Waals surface area contributed by atoms with Crippen LogP contribution in [0.2, 0.25) is 0 Å². The number of amides is 1. The molecule has 1 saturated carbocycles. The molecule has 1 N–H and O–H groups in total. The number of hydrogen-bond acceptors (Lipinski definition) is 2. The lowest BCUT2D eigenvalue weighted by molar-refractivity contribution is -0.135. The maximum absolute atomic E-state index is 12.5. The predicted molar refractivity (Wildman–Crippen MR) is 69.8 cm³/mol. The molecule has 2 fully saturated rings. The third-order valence-corrected chi connectivity index (χ3v) is 4.83. The average molecular weight is 238 g/mol. The molecule has 0 radical (unpaired) electrons. The number of carbonyl (C=O) groups excluding carboxylic acids is 1. The van der Waals surface area contributed by atoms with Crippen LogP contribution in [0.3, 0.4) is 0 Å². The van der Waals surface area contributed by atoms with Crippen LogP contribution >= 0.6 is 0 Å². The molecule has 1 aliphatic carbocycles. The summed E-state index contributed by atoms with van der Waals surface area (Å²) in [5, 5.41) is 3.39. The highest BCUT2D eigenvalue weighted by atomic mass is 16.2. The van der Waals surface area contributed by atoms with E-state index >= 15 is 0 Å². The van der Waals surface area contributed by atoms with Crippen molar-refractivity contribution in [3.8, 4) is 0 Å². The van der Waals surface area contributed by atoms with Gasteiger partial charge in [0.1, 0.15) is 0 Å². The van der Waals surface area contributed by atoms with E-state index < -0.39 is 0 Å². The van der Waals surface area contributed by atoms with E-state index in [9.17, 15) is 4.79 Å². The quantitative estimate of drug-likeness (QED) is 0.812. The van der Waals surface area contributed by atoms with Crippen molar-refractivity contribution in [1.29, 1.82) is 0 Å². The Hall–Kier alpha value is -0.570. The Kier molecular flexibility index (Phi) is 3.76. The van der Waals surface area contributed by atoms with Crippen molar-refractivity contribution >= 4 is 5.91 Å². The zero-order valence-corrected chi connectivity index (χ0v) is 11.5. The van der Waals surface area contributed by atoms with Gasteiger partial charge in [-0.3, -0.25) is 4.79 Å². The summed E-state index contributed by atoms with van der Waals surface area (Å²) in [6.07, 6.45) is 4.59. The Bertz CT molecular complexity index is 284. The van der Waals surface area contributed by atoms with E-state index in [0.717, 1.165) is 32.5 Å². The zero-order chi connectivity index (χ0) is 12.5. The van der Waals surface area contributed by atoms with Crippen molar-refractivity contribution < 1.29 is 4.79 Å². The second-order valence-electron chi connectivity index (χ2n) is 5.75. The normalized spacial score (nSPS) is 27.8. The maximum Gasteiger partial charge on any atom is 0.226 e. The molecule has 1 aliphatic heterocycles. The molecule has 3 heteroatoms. The number of nitrogens with zero attached hydrogens (tertiary/aromatic N) is 1. The molecule has 0 aromatic heterocycles. The van der Waals surface area contributed by atoms with Crippen molar-refractivity contribution in [3.63, 3.8) is 0 Å². The summed E-state index contributed by atoms with van der Waals surface area (Å²) in [5.41, 5.74) is 0.378. The van der Waals surface area contributed by atoms with Gasteiger partial charge in [0.25, 0.3) is 0 Å². The molecule has 2 rings (SSSR count). The van der Waals surface area contributed by atoms with Gasteiger partial charge >= 0.3 is 0 Å². The van der Waals surface area contributed by atoms with Crippen LogP contribution < -0.4 is 5.32 Å². The predicted octanol–water partition coefficient (Wildman–Crippen LogP) is 2.02. The van der Waals surface area contributed by atoms with Crippen LogP contribution in [0.15, 0.2) is 0 Å². The van der Waals surface area contributed by atoms with Crippen LogP contribution in [0.5, 0.6) is 0 Å². The number of hydrogen-bond donors (Lipinski definition) is 1. The second-order valence-corrected chi connectivity index (χ2v) is 5.75. The molecule has 1 spiro atoms. The average Bonchev–Trinajstić information content (AvgIpc) is 3.04. The van der Waals surface area contributed by atoms with Gasteiger partial charge in [-0.1, -0.05) is 6.92 Å². The van der Waals surface area contributed by atoms with E-state index in [0.29, 0.717) is 23.3 Å². The Balaban J connectivity index is 1.97. The molecule has 2 atom stereocenters. The van der Waals surface area contributed by atoms with E-state index in [1.54, 1.807) is 0 Å². The topological polar surface area (TPSA) is 32.3 Å². The minimum absolute atomic E-state index is 0.332. The molecule has 2 aliphatic rings. The highest BCUT2D eigenvalue weighted by molar-refractivity contribution is 5.83. The fourth-order valence-corrected chi connectivity index (χ4v) is 3.28. The molecular weight excluding hydrogens is 212 g/mol. The Morgan fingerprint density at radius 3 is 2.59 bits per heavy atom. The fraction of sp³-hybridized carbons (Fsp3) is 0.929. The molecular formula is C14H26N2O. The number of nitrogens with one attached hydrogen (secondary N) is 1. The molecule has 0 aromatic carbocycles. The largest absolute Gasteiger partial charge is 0.340 e. The summed E-state index contributed by atoms with van der Waals surface area (Å²) < 4.78 is 0. The first kappa shape index (κ1) is 12.9. The van der Waals surface area contributed by atoms with Crippen LogP contribution in [0.4, 0.5) is 0 Å². The van der Waals surface area contributed by atoms with Gasteiger partial charge < -0.3 is 10.2 Å². The van der Waals surface area contributed by atoms with Crippen LogP contribution in [0.1, 0.15) is 46.5 Å². The number of carbonyl (C=O) groups is 1. The Morgan fingerprint density at radius 2 is 2.06 bits per heavy atom. The van der Waals surface area contributed by atoms with Gasteiger partial charge in [0.15, 0.2) is 0 Å². The van der Waals surface area contributed by atoms with Gasteiger partial charge in [-0.05, 0) is 58.0 Å². The lowest BCUT2D eigenvalue weighted by Crippen LogP contribution is -2.41. The summed E-state index contributed by atoms with van der Waals surface area (Å²) in [6.45, 7) is 9.48. The summed E-state index contributed by atoms with van der Waals surface area (Å²) >= 11 is 0. The van der Waals surface area contributed by atoms with Crippen molar-refractivity contribution in [1.82, 2.24) is 10.2 Å². The first-order valence-corrected chi connectivity index (χ1v) is 7.16. The van der Waals surface area contributed by atoms with Crippen molar-refractivity contribution in [2.45, 2.75) is 52.5 Å². The minimum atomic E-state index is 0.332. The highest BCUT2D eigenvalue weighted by Crippen LogP contribution is 2.59. The lowest BCUT2D eigenvalue weighted by Gasteiger charge is -2.30. The summed E-state index contributed by atoms with van der Waals surface area (Å²) in [5.74, 6) is 0.752. The fourth-order valence-electron chi connectivity index (χ4n) is 3.28. The zero-order valence-electron chi connectivity index (χ0n) is 11.5. The van der Waals surface area contributed by atoms with Crippen LogP contribution in [-0.2, 0) is 4.79 Å². The van der Waals surface area contributed by atoms with Crippen molar-refractivity contribution in [2.75, 3.05) is 19.6 Å². The van der Waals surface area contributed by atoms with Gasteiger partial charge in [-0.2, -0.15) is 0 Å². The van der Waals surface area contributed by atoms with Crippen LogP contribution in [-0.4, -0.2) is 36.5 Å². The van der Waals surface area contributed by atoms with E-state index in [1.165, 1.54) is 12.8 Å². The molecule has 98 valence electrons. The van der Waals surface area contributed by atoms with E-state index in [1.807, 2.05) is 0 Å². The van der Waals surface area contributed by atoms with Crippen molar-refractivity contribution in [3.05, 3.63) is 0 Å². The van der Waals surface area contributed by atoms with E-state index in [2.05, 4.69) is 31.0 Å². The first-order valence-electron chi connectivity index (χ1n) is 7.16. The summed E-state index contributed by atoms with van der Waals surface area (Å²) in [6, 6.07) is 0.395. The third kappa shape index (κ3) is 2.35. The summed E-state index contributed by atoms with van der Waals surface area (Å²) in [4.78, 5) is 14.6. The van der Waals surface area contributed by atoms with Crippen molar-refractivity contribution in [2.24, 2.45) is 11.3 Å². The van der Waals surface area contributed by atoms with Crippen LogP contribution in [0.25, 0.3) is 0 Å². The van der Waals surface area contributed by atoms with Gasteiger partial charge in [-0.25, -0.2) is 0 Å². The van der Waals surface area contributed by atoms with E-state index in [-0.39, 0.29) is 0 Å². The number of piperidine rings is 1. The Morgan fingerprint density at radius 1 is 1.41 bits per heavy atom. The maximum atomic E-state index is 12.5. The molecule has 3 nitrogen and oxygen atoms in total. The van der Waals surface area contributed by atoms with E-state index in [4.69, 9.17) is 0 Å². The molecule has 1 saturated heterocycles. The van der Waals surface area contributed by atoms with Gasteiger partial charge in [0, 0.05) is 18.5 Å². The molecule has 2 unspecified atom stereocenters. The lowest BCUT2D eigenvalue weighted by atomic mass is 9.91. The smallest absolute Gasteiger partial charge is 0.226 e. The molecule has 0 bridgehead atoms. The van der Waals surface area contributed by atoms with Gasteiger partial charge in [0.05, 0.1) is 0 Å². The first-order chi connectivity index (χ1) is 8.14. The summed E-state index contributed by atoms with van der Waals surface area (Å²) in [7, 11) is 0. The van der Waals surface area contributed by atoms with Gasteiger partial charge in [-0.15, -0.1) is 0 Å². The second kappa shape index (κ2) is 4.97. The molecule has 17 heavy (non-hydrogen) atoms. The standard InChI is InChI=1S/C14H26N2O/c1-4-11(3)16(5-2)13(17)12-10-14(12)6-8-15-9-7-14/h11-12,15H,4-10H2,1-3H3. The molecule has 1 heterocycles. The number of rotatable bonds is 4. The third-order valence-electron chi connectivity index (χ3n) is 4.83. The highest BCUT2D eigenvalue weighted by Gasteiger charge is 2.58. The van der Waals surface area contributed by atoms with Crippen LogP contribution in [0, 0.1) is 11.3 Å². The van der Waals surface area contributed by atoms with Gasteiger partial charge in [0.2, 0.25) is 5.91 Å². The monoisotopic (exact) mass is 238 g/mol. The Labute approximate surface area is 105 Å². The SMILES string of the molecule is CCC(C)N(CC)C(=O)C1CC12CCNCC2. The molecule has 0 aromatic rings. The minimum Gasteiger partial charge on any atom is -0.340 e. The molecule has 1 amide bonds.